The summed E-state index contributed by atoms with van der Waals surface area (Å²) >= 11 is 0. The SMILES string of the molecule is C=C1[C@@H](O)CC[C@H](C)[C@@]1(C)C(OC(C)=O)C1=C(C)C(OCC)OC1=O. The molecule has 6 heteroatoms. The Morgan fingerprint density at radius 2 is 2.12 bits per heavy atom. The topological polar surface area (TPSA) is 82.1 Å². The molecule has 0 bridgehead atoms. The van der Waals surface area contributed by atoms with E-state index in [2.05, 4.69) is 6.58 Å². The molecule has 1 heterocycles. The standard InChI is InChI=1S/C19H28O6/c1-7-23-18-11(3)15(17(22)25-18)16(24-13(5)20)19(6)10(2)8-9-14(21)12(19)4/h10,14,16,18,21H,4,7-9H2,1-3,5-6H3/t10-,14-,16?,18?,19+/m0/s1. The van der Waals surface area contributed by atoms with Gasteiger partial charge in [-0.25, -0.2) is 4.79 Å². The highest BCUT2D eigenvalue weighted by atomic mass is 16.7. The summed E-state index contributed by atoms with van der Waals surface area (Å²) in [5, 5.41) is 10.3. The van der Waals surface area contributed by atoms with E-state index >= 15 is 0 Å². The van der Waals surface area contributed by atoms with Crippen molar-refractivity contribution in [1.29, 1.82) is 0 Å². The molecule has 2 aliphatic rings. The van der Waals surface area contributed by atoms with Gasteiger partial charge in [-0.3, -0.25) is 4.79 Å². The number of carbonyl (C=O) groups excluding carboxylic acids is 2. The van der Waals surface area contributed by atoms with Crippen LogP contribution in [0.4, 0.5) is 0 Å². The number of hydrogen-bond donors (Lipinski definition) is 1. The average molecular weight is 352 g/mol. The Morgan fingerprint density at radius 1 is 1.48 bits per heavy atom. The van der Waals surface area contributed by atoms with E-state index in [1.165, 1.54) is 6.92 Å². The van der Waals surface area contributed by atoms with Crippen molar-refractivity contribution in [2.45, 2.75) is 66.0 Å². The normalized spacial score (nSPS) is 34.1. The summed E-state index contributed by atoms with van der Waals surface area (Å²) in [6.45, 7) is 13.2. The van der Waals surface area contributed by atoms with Crippen LogP contribution >= 0.6 is 0 Å². The monoisotopic (exact) mass is 352 g/mol. The number of hydrogen-bond acceptors (Lipinski definition) is 6. The molecule has 1 N–H and O–H groups in total. The highest BCUT2D eigenvalue weighted by Gasteiger charge is 2.53. The van der Waals surface area contributed by atoms with Crippen LogP contribution in [0.3, 0.4) is 0 Å². The molecule has 0 saturated heterocycles. The molecule has 0 amide bonds. The van der Waals surface area contributed by atoms with E-state index in [1.807, 2.05) is 20.8 Å². The van der Waals surface area contributed by atoms with E-state index in [0.29, 0.717) is 29.7 Å². The maximum atomic E-state index is 12.5. The number of carbonyl (C=O) groups is 2. The number of cyclic esters (lactones) is 1. The van der Waals surface area contributed by atoms with Crippen molar-refractivity contribution in [3.05, 3.63) is 23.3 Å². The molecule has 25 heavy (non-hydrogen) atoms. The summed E-state index contributed by atoms with van der Waals surface area (Å²) in [4.78, 5) is 24.3. The van der Waals surface area contributed by atoms with E-state index in [0.717, 1.165) is 6.42 Å². The molecule has 1 saturated carbocycles. The fourth-order valence-corrected chi connectivity index (χ4v) is 3.79. The molecule has 1 fully saturated rings. The molecule has 0 radical (unpaired) electrons. The molecule has 0 spiro atoms. The van der Waals surface area contributed by atoms with Crippen molar-refractivity contribution in [1.82, 2.24) is 0 Å². The maximum absolute atomic E-state index is 12.5. The Hall–Kier alpha value is -1.66. The van der Waals surface area contributed by atoms with Crippen LogP contribution in [0, 0.1) is 11.3 Å². The van der Waals surface area contributed by atoms with Crippen molar-refractivity contribution >= 4 is 11.9 Å². The minimum atomic E-state index is -0.875. The number of esters is 2. The van der Waals surface area contributed by atoms with Crippen molar-refractivity contribution in [2.75, 3.05) is 6.61 Å². The van der Waals surface area contributed by atoms with Crippen LogP contribution in [-0.2, 0) is 23.8 Å². The average Bonchev–Trinajstić information content (AvgIpc) is 2.81. The van der Waals surface area contributed by atoms with E-state index in [-0.39, 0.29) is 5.92 Å². The first-order chi connectivity index (χ1) is 11.6. The minimum Gasteiger partial charge on any atom is -0.456 e. The molecule has 1 aliphatic heterocycles. The number of aliphatic hydroxyl groups is 1. The predicted molar refractivity (Wildman–Crippen MR) is 91.4 cm³/mol. The smallest absolute Gasteiger partial charge is 0.340 e. The quantitative estimate of drug-likeness (QED) is 0.605. The molecule has 2 rings (SSSR count). The summed E-state index contributed by atoms with van der Waals surface area (Å²) < 4.78 is 16.4. The Balaban J connectivity index is 2.54. The van der Waals surface area contributed by atoms with Gasteiger partial charge in [-0.2, -0.15) is 0 Å². The molecular weight excluding hydrogens is 324 g/mol. The van der Waals surface area contributed by atoms with Gasteiger partial charge in [0, 0.05) is 24.5 Å². The van der Waals surface area contributed by atoms with Gasteiger partial charge in [0.2, 0.25) is 6.29 Å². The first-order valence-electron chi connectivity index (χ1n) is 8.72. The van der Waals surface area contributed by atoms with E-state index in [1.54, 1.807) is 6.92 Å². The highest BCUT2D eigenvalue weighted by Crippen LogP contribution is 2.51. The molecule has 5 atom stereocenters. The Bertz CT molecular complexity index is 607. The molecule has 0 aromatic heterocycles. The van der Waals surface area contributed by atoms with Gasteiger partial charge in [0.1, 0.15) is 6.10 Å². The van der Waals surface area contributed by atoms with Gasteiger partial charge in [0.05, 0.1) is 11.7 Å². The van der Waals surface area contributed by atoms with Gasteiger partial charge in [-0.15, -0.1) is 0 Å². The lowest BCUT2D eigenvalue weighted by Crippen LogP contribution is -2.49. The lowest BCUT2D eigenvalue weighted by Gasteiger charge is -2.48. The van der Waals surface area contributed by atoms with Crippen LogP contribution in [0.5, 0.6) is 0 Å². The van der Waals surface area contributed by atoms with Gasteiger partial charge in [0.15, 0.2) is 0 Å². The van der Waals surface area contributed by atoms with Gasteiger partial charge >= 0.3 is 11.9 Å². The zero-order valence-electron chi connectivity index (χ0n) is 15.6. The molecule has 0 aromatic rings. The lowest BCUT2D eigenvalue weighted by molar-refractivity contribution is -0.162. The fourth-order valence-electron chi connectivity index (χ4n) is 3.79. The van der Waals surface area contributed by atoms with E-state index in [4.69, 9.17) is 14.2 Å². The van der Waals surface area contributed by atoms with Gasteiger partial charge in [-0.1, -0.05) is 20.4 Å². The maximum Gasteiger partial charge on any atom is 0.340 e. The molecule has 140 valence electrons. The lowest BCUT2D eigenvalue weighted by atomic mass is 9.60. The number of ether oxygens (including phenoxy) is 3. The molecule has 2 unspecified atom stereocenters. The minimum absolute atomic E-state index is 0.0620. The predicted octanol–water partition coefficient (Wildman–Crippen LogP) is 2.51. The van der Waals surface area contributed by atoms with Gasteiger partial charge in [-0.05, 0) is 38.2 Å². The second kappa shape index (κ2) is 7.30. The van der Waals surface area contributed by atoms with Crippen molar-refractivity contribution in [2.24, 2.45) is 11.3 Å². The second-order valence-electron chi connectivity index (χ2n) is 7.08. The number of aliphatic hydroxyl groups excluding tert-OH is 1. The van der Waals surface area contributed by atoms with Crippen molar-refractivity contribution in [3.63, 3.8) is 0 Å². The van der Waals surface area contributed by atoms with Crippen LogP contribution in [0.2, 0.25) is 0 Å². The Morgan fingerprint density at radius 3 is 2.68 bits per heavy atom. The molecule has 1 aliphatic carbocycles. The summed E-state index contributed by atoms with van der Waals surface area (Å²) in [5.41, 5.74) is 0.683. The Kier molecular flexibility index (Phi) is 5.74. The molecule has 6 nitrogen and oxygen atoms in total. The van der Waals surface area contributed by atoms with Crippen LogP contribution in [0.1, 0.15) is 47.5 Å². The third kappa shape index (κ3) is 3.37. The van der Waals surface area contributed by atoms with E-state index < -0.39 is 35.9 Å². The Labute approximate surface area is 148 Å². The summed E-state index contributed by atoms with van der Waals surface area (Å²) in [6.07, 6.45) is -0.996. The fraction of sp³-hybridized carbons (Fsp3) is 0.684. The zero-order valence-corrected chi connectivity index (χ0v) is 15.6. The second-order valence-corrected chi connectivity index (χ2v) is 7.08. The van der Waals surface area contributed by atoms with Gasteiger partial charge in [0.25, 0.3) is 0 Å². The third-order valence-electron chi connectivity index (χ3n) is 5.61. The highest BCUT2D eigenvalue weighted by molar-refractivity contribution is 5.94. The van der Waals surface area contributed by atoms with Crippen molar-refractivity contribution in [3.8, 4) is 0 Å². The zero-order chi connectivity index (χ0) is 18.9. The molecule has 0 aromatic carbocycles. The van der Waals surface area contributed by atoms with Crippen LogP contribution < -0.4 is 0 Å². The number of rotatable bonds is 5. The largest absolute Gasteiger partial charge is 0.456 e. The first kappa shape index (κ1) is 19.7. The van der Waals surface area contributed by atoms with Gasteiger partial charge < -0.3 is 19.3 Å². The third-order valence-corrected chi connectivity index (χ3v) is 5.61. The summed E-state index contributed by atoms with van der Waals surface area (Å²) in [5.74, 6) is -0.991. The van der Waals surface area contributed by atoms with Crippen LogP contribution in [0.25, 0.3) is 0 Å². The van der Waals surface area contributed by atoms with Crippen molar-refractivity contribution < 1.29 is 28.9 Å². The summed E-state index contributed by atoms with van der Waals surface area (Å²) in [6, 6.07) is 0. The summed E-state index contributed by atoms with van der Waals surface area (Å²) in [7, 11) is 0. The van der Waals surface area contributed by atoms with Crippen LogP contribution in [0.15, 0.2) is 23.3 Å². The van der Waals surface area contributed by atoms with E-state index in [9.17, 15) is 14.7 Å². The first-order valence-corrected chi connectivity index (χ1v) is 8.72. The van der Waals surface area contributed by atoms with Crippen LogP contribution in [-0.4, -0.2) is 42.1 Å². The molecular formula is C19H28O6.